The minimum Gasteiger partial charge on any atom is -0.439 e. The minimum atomic E-state index is 0.591. The molecule has 4 nitrogen and oxygen atoms in total. The van der Waals surface area contributed by atoms with Crippen molar-refractivity contribution in [1.29, 1.82) is 0 Å². The van der Waals surface area contributed by atoms with Gasteiger partial charge in [-0.2, -0.15) is 0 Å². The van der Waals surface area contributed by atoms with Crippen molar-refractivity contribution in [1.82, 2.24) is 0 Å². The van der Waals surface area contributed by atoms with Crippen molar-refractivity contribution in [3.63, 3.8) is 0 Å². The topological polar surface area (TPSA) is 49.0 Å². The van der Waals surface area contributed by atoms with E-state index >= 15 is 0 Å². The first-order valence-electron chi connectivity index (χ1n) is 4.92. The Hall–Kier alpha value is -1.45. The van der Waals surface area contributed by atoms with E-state index in [1.807, 2.05) is 12.1 Å². The summed E-state index contributed by atoms with van der Waals surface area (Å²) in [6.45, 7) is 2.12. The van der Waals surface area contributed by atoms with Crippen LogP contribution in [0, 0.1) is 0 Å². The van der Waals surface area contributed by atoms with Crippen LogP contribution in [0.25, 0.3) is 0 Å². The van der Waals surface area contributed by atoms with Crippen molar-refractivity contribution in [2.45, 2.75) is 19.3 Å². The van der Waals surface area contributed by atoms with Crippen molar-refractivity contribution in [3.05, 3.63) is 17.9 Å². The van der Waals surface area contributed by atoms with Gasteiger partial charge < -0.3 is 14.5 Å². The zero-order valence-corrected chi connectivity index (χ0v) is 8.02. The highest BCUT2D eigenvalue weighted by Gasteiger charge is 2.13. The predicted octanol–water partition coefficient (Wildman–Crippen LogP) is 2.08. The Morgan fingerprint density at radius 1 is 1.29 bits per heavy atom. The molecule has 0 atom stereocenters. The molecule has 0 aliphatic carbocycles. The molecule has 1 saturated heterocycles. The fourth-order valence-corrected chi connectivity index (χ4v) is 1.75. The molecule has 2 rings (SSSR count). The SMILES string of the molecule is ON=Cc1ccc(N2CCCCC2)o1. The third kappa shape index (κ3) is 1.89. The molecule has 1 aromatic rings. The van der Waals surface area contributed by atoms with Crippen molar-refractivity contribution < 1.29 is 9.62 Å². The third-order valence-corrected chi connectivity index (χ3v) is 2.47. The van der Waals surface area contributed by atoms with Gasteiger partial charge in [-0.25, -0.2) is 0 Å². The van der Waals surface area contributed by atoms with Crippen LogP contribution in [0.2, 0.25) is 0 Å². The molecule has 0 aromatic carbocycles. The molecule has 4 heteroatoms. The summed E-state index contributed by atoms with van der Waals surface area (Å²) in [6.07, 6.45) is 5.06. The number of nitrogens with zero attached hydrogens (tertiary/aromatic N) is 2. The van der Waals surface area contributed by atoms with Crippen LogP contribution in [0.1, 0.15) is 25.0 Å². The second-order valence-electron chi connectivity index (χ2n) is 3.47. The monoisotopic (exact) mass is 194 g/mol. The fourth-order valence-electron chi connectivity index (χ4n) is 1.75. The first-order chi connectivity index (χ1) is 6.90. The van der Waals surface area contributed by atoms with E-state index in [0.717, 1.165) is 19.0 Å². The van der Waals surface area contributed by atoms with Gasteiger partial charge in [0, 0.05) is 19.2 Å². The van der Waals surface area contributed by atoms with Crippen LogP contribution in [-0.4, -0.2) is 24.5 Å². The van der Waals surface area contributed by atoms with Gasteiger partial charge in [0.1, 0.15) is 6.21 Å². The summed E-state index contributed by atoms with van der Waals surface area (Å²) >= 11 is 0. The van der Waals surface area contributed by atoms with Crippen molar-refractivity contribution in [2.75, 3.05) is 18.0 Å². The van der Waals surface area contributed by atoms with E-state index in [1.165, 1.54) is 25.5 Å². The molecular formula is C10H14N2O2. The third-order valence-electron chi connectivity index (χ3n) is 2.47. The zero-order chi connectivity index (χ0) is 9.80. The maximum atomic E-state index is 8.34. The van der Waals surface area contributed by atoms with Crippen LogP contribution in [0.5, 0.6) is 0 Å². The summed E-state index contributed by atoms with van der Waals surface area (Å²) in [4.78, 5) is 2.22. The number of piperidine rings is 1. The maximum absolute atomic E-state index is 8.34. The van der Waals surface area contributed by atoms with E-state index < -0.39 is 0 Å². The summed E-state index contributed by atoms with van der Waals surface area (Å²) in [6, 6.07) is 3.73. The Balaban J connectivity index is 2.07. The second kappa shape index (κ2) is 4.17. The Kier molecular flexibility index (Phi) is 2.72. The normalized spacial score (nSPS) is 17.9. The van der Waals surface area contributed by atoms with E-state index in [2.05, 4.69) is 10.1 Å². The van der Waals surface area contributed by atoms with Gasteiger partial charge in [-0.15, -0.1) is 0 Å². The molecule has 0 radical (unpaired) electrons. The van der Waals surface area contributed by atoms with E-state index in [1.54, 1.807) is 0 Å². The smallest absolute Gasteiger partial charge is 0.196 e. The molecule has 1 aliphatic heterocycles. The standard InChI is InChI=1S/C10H14N2O2/c13-11-8-9-4-5-10(14-9)12-6-2-1-3-7-12/h4-5,8,13H,1-3,6-7H2. The van der Waals surface area contributed by atoms with Gasteiger partial charge in [-0.3, -0.25) is 0 Å². The molecule has 0 bridgehead atoms. The van der Waals surface area contributed by atoms with Gasteiger partial charge >= 0.3 is 0 Å². The maximum Gasteiger partial charge on any atom is 0.196 e. The molecule has 1 aliphatic rings. The molecule has 0 amide bonds. The minimum absolute atomic E-state index is 0.591. The van der Waals surface area contributed by atoms with Gasteiger partial charge in [0.25, 0.3) is 0 Å². The van der Waals surface area contributed by atoms with Crippen molar-refractivity contribution in [3.8, 4) is 0 Å². The Morgan fingerprint density at radius 3 is 2.79 bits per heavy atom. The van der Waals surface area contributed by atoms with E-state index in [0.29, 0.717) is 5.76 Å². The molecule has 0 unspecified atom stereocenters. The molecule has 1 N–H and O–H groups in total. The van der Waals surface area contributed by atoms with Crippen molar-refractivity contribution in [2.24, 2.45) is 5.16 Å². The summed E-state index contributed by atoms with van der Waals surface area (Å²) < 4.78 is 5.48. The summed E-state index contributed by atoms with van der Waals surface area (Å²) in [5, 5.41) is 11.3. The zero-order valence-electron chi connectivity index (χ0n) is 8.02. The Bertz CT molecular complexity index is 314. The lowest BCUT2D eigenvalue weighted by Crippen LogP contribution is -2.28. The van der Waals surface area contributed by atoms with Crippen LogP contribution < -0.4 is 4.90 Å². The van der Waals surface area contributed by atoms with E-state index in [9.17, 15) is 0 Å². The molecular weight excluding hydrogens is 180 g/mol. The van der Waals surface area contributed by atoms with Crippen LogP contribution in [-0.2, 0) is 0 Å². The van der Waals surface area contributed by atoms with Crippen LogP contribution >= 0.6 is 0 Å². The summed E-state index contributed by atoms with van der Waals surface area (Å²) in [7, 11) is 0. The number of hydrogen-bond donors (Lipinski definition) is 1. The van der Waals surface area contributed by atoms with E-state index in [4.69, 9.17) is 9.62 Å². The number of hydrogen-bond acceptors (Lipinski definition) is 4. The Morgan fingerprint density at radius 2 is 2.07 bits per heavy atom. The lowest BCUT2D eigenvalue weighted by molar-refractivity contribution is 0.320. The van der Waals surface area contributed by atoms with Gasteiger partial charge in [-0.1, -0.05) is 5.16 Å². The lowest BCUT2D eigenvalue weighted by Gasteiger charge is -2.25. The highest BCUT2D eigenvalue weighted by molar-refractivity contribution is 5.76. The highest BCUT2D eigenvalue weighted by Crippen LogP contribution is 2.21. The van der Waals surface area contributed by atoms with Gasteiger partial charge in [0.15, 0.2) is 11.6 Å². The molecule has 0 saturated carbocycles. The number of rotatable bonds is 2. The summed E-state index contributed by atoms with van der Waals surface area (Å²) in [5.74, 6) is 1.47. The molecule has 2 heterocycles. The first kappa shape index (κ1) is 9.12. The largest absolute Gasteiger partial charge is 0.439 e. The quantitative estimate of drug-likeness (QED) is 0.445. The average molecular weight is 194 g/mol. The van der Waals surface area contributed by atoms with Crippen LogP contribution in [0.15, 0.2) is 21.7 Å². The number of oxime groups is 1. The average Bonchev–Trinajstić information content (AvgIpc) is 2.68. The van der Waals surface area contributed by atoms with Crippen molar-refractivity contribution >= 4 is 12.1 Å². The predicted molar refractivity (Wildman–Crippen MR) is 54.2 cm³/mol. The molecule has 0 spiro atoms. The van der Waals surface area contributed by atoms with Crippen LogP contribution in [0.4, 0.5) is 5.88 Å². The molecule has 1 fully saturated rings. The Labute approximate surface area is 82.8 Å². The van der Waals surface area contributed by atoms with E-state index in [-0.39, 0.29) is 0 Å². The lowest BCUT2D eigenvalue weighted by atomic mass is 10.1. The second-order valence-corrected chi connectivity index (χ2v) is 3.47. The van der Waals surface area contributed by atoms with Gasteiger partial charge in [0.05, 0.1) is 0 Å². The summed E-state index contributed by atoms with van der Waals surface area (Å²) in [5.41, 5.74) is 0. The highest BCUT2D eigenvalue weighted by atomic mass is 16.4. The van der Waals surface area contributed by atoms with Crippen LogP contribution in [0.3, 0.4) is 0 Å². The number of furan rings is 1. The molecule has 76 valence electrons. The van der Waals surface area contributed by atoms with Gasteiger partial charge in [0.2, 0.25) is 0 Å². The number of anilines is 1. The molecule has 1 aromatic heterocycles. The fraction of sp³-hybridized carbons (Fsp3) is 0.500. The van der Waals surface area contributed by atoms with Gasteiger partial charge in [-0.05, 0) is 25.3 Å². The first-order valence-corrected chi connectivity index (χ1v) is 4.92. The molecule has 14 heavy (non-hydrogen) atoms.